The second-order valence-electron chi connectivity index (χ2n) is 6.45. The predicted octanol–water partition coefficient (Wildman–Crippen LogP) is 1.37. The molecule has 2 N–H and O–H groups in total. The summed E-state index contributed by atoms with van der Waals surface area (Å²) in [5.74, 6) is -1.97. The summed E-state index contributed by atoms with van der Waals surface area (Å²) >= 11 is 0. The molecule has 0 aliphatic carbocycles. The second-order valence-corrected chi connectivity index (χ2v) is 8.39. The predicted molar refractivity (Wildman–Crippen MR) is 83.0 cm³/mol. The van der Waals surface area contributed by atoms with E-state index in [1.165, 1.54) is 0 Å². The standard InChI is InChI=1S/C15H15F2N4O3S/c1-15(2)8-20(7-9-6-19-21(13(9)15)14(18)22)25(23,24)12-4-10(16)3-11(17)5-12/h3-5H,7-8H2,1-2H3,(H2,18,22). The highest BCUT2D eigenvalue weighted by Gasteiger charge is 2.41. The molecule has 0 fully saturated rings. The number of halogens is 2. The van der Waals surface area contributed by atoms with Crippen molar-refractivity contribution in [1.82, 2.24) is 14.1 Å². The average molecular weight is 369 g/mol. The lowest BCUT2D eigenvalue weighted by molar-refractivity contribution is 0.241. The molecule has 1 amide bonds. The number of fused-ring (bicyclic) bond motifs is 1. The van der Waals surface area contributed by atoms with Crippen LogP contribution in [-0.2, 0) is 22.0 Å². The van der Waals surface area contributed by atoms with Gasteiger partial charge in [0, 0.05) is 30.1 Å². The van der Waals surface area contributed by atoms with Gasteiger partial charge < -0.3 is 5.73 Å². The van der Waals surface area contributed by atoms with Gasteiger partial charge in [-0.1, -0.05) is 13.8 Å². The zero-order valence-electron chi connectivity index (χ0n) is 13.5. The molecule has 1 aromatic heterocycles. The van der Waals surface area contributed by atoms with E-state index in [4.69, 9.17) is 5.73 Å². The Labute approximate surface area is 143 Å². The fraction of sp³-hybridized carbons (Fsp3) is 0.333. The number of primary amides is 1. The first-order chi connectivity index (χ1) is 11.5. The van der Waals surface area contributed by atoms with Crippen molar-refractivity contribution in [1.29, 1.82) is 0 Å². The van der Waals surface area contributed by atoms with Crippen LogP contribution in [0.4, 0.5) is 13.6 Å². The Morgan fingerprint density at radius 2 is 1.88 bits per heavy atom. The van der Waals surface area contributed by atoms with E-state index >= 15 is 0 Å². The molecule has 2 aromatic rings. The van der Waals surface area contributed by atoms with Crippen LogP contribution in [0, 0.1) is 17.8 Å². The normalized spacial score (nSPS) is 17.3. The minimum absolute atomic E-state index is 0.0206. The Kier molecular flexibility index (Phi) is 3.92. The van der Waals surface area contributed by atoms with Crippen molar-refractivity contribution in [2.24, 2.45) is 5.73 Å². The van der Waals surface area contributed by atoms with Crippen molar-refractivity contribution in [2.45, 2.75) is 30.7 Å². The van der Waals surface area contributed by atoms with Gasteiger partial charge in [-0.15, -0.1) is 0 Å². The van der Waals surface area contributed by atoms with Gasteiger partial charge in [-0.25, -0.2) is 22.0 Å². The molecule has 0 unspecified atom stereocenters. The highest BCUT2D eigenvalue weighted by molar-refractivity contribution is 7.89. The van der Waals surface area contributed by atoms with Crippen LogP contribution >= 0.6 is 0 Å². The van der Waals surface area contributed by atoms with Crippen LogP contribution in [0.1, 0.15) is 25.1 Å². The summed E-state index contributed by atoms with van der Waals surface area (Å²) in [6, 6.07) is 1.32. The van der Waals surface area contributed by atoms with Gasteiger partial charge >= 0.3 is 6.03 Å². The highest BCUT2D eigenvalue weighted by atomic mass is 32.2. The molecule has 0 atom stereocenters. The Morgan fingerprint density at radius 3 is 2.44 bits per heavy atom. The van der Waals surface area contributed by atoms with E-state index in [-0.39, 0.29) is 13.1 Å². The maximum absolute atomic E-state index is 13.4. The molecule has 133 valence electrons. The quantitative estimate of drug-likeness (QED) is 0.864. The van der Waals surface area contributed by atoms with Crippen molar-refractivity contribution >= 4 is 16.1 Å². The van der Waals surface area contributed by atoms with E-state index in [2.05, 4.69) is 11.3 Å². The van der Waals surface area contributed by atoms with Gasteiger partial charge in [-0.3, -0.25) is 0 Å². The Balaban J connectivity index is 2.06. The first kappa shape index (κ1) is 17.5. The first-order valence-electron chi connectivity index (χ1n) is 7.28. The van der Waals surface area contributed by atoms with E-state index in [1.807, 2.05) is 0 Å². The van der Waals surface area contributed by atoms with Gasteiger partial charge in [0.2, 0.25) is 10.0 Å². The maximum Gasteiger partial charge on any atom is 0.339 e. The van der Waals surface area contributed by atoms with Gasteiger partial charge in [0.1, 0.15) is 17.8 Å². The molecule has 0 saturated heterocycles. The number of nitrogens with two attached hydrogens (primary N) is 1. The summed E-state index contributed by atoms with van der Waals surface area (Å²) in [4.78, 5) is 11.0. The zero-order chi connectivity index (χ0) is 18.6. The second kappa shape index (κ2) is 5.60. The summed E-state index contributed by atoms with van der Waals surface area (Å²) in [6.07, 6.45) is 2.60. The molecular formula is C15H15F2N4O3S. The third-order valence-corrected chi connectivity index (χ3v) is 5.78. The summed E-state index contributed by atoms with van der Waals surface area (Å²) in [5.41, 5.74) is 5.32. The zero-order valence-corrected chi connectivity index (χ0v) is 14.3. The molecular weight excluding hydrogens is 354 g/mol. The van der Waals surface area contributed by atoms with Crippen molar-refractivity contribution < 1.29 is 22.0 Å². The number of nitrogens with zero attached hydrogens (tertiary/aromatic N) is 3. The molecule has 7 nitrogen and oxygen atoms in total. The Hall–Kier alpha value is -2.33. The number of benzene rings is 1. The van der Waals surface area contributed by atoms with Crippen molar-refractivity contribution in [2.75, 3.05) is 6.54 Å². The molecule has 0 saturated carbocycles. The molecule has 1 aliphatic rings. The number of carbonyl (C=O) groups is 1. The number of aromatic nitrogens is 2. The molecule has 3 rings (SSSR count). The van der Waals surface area contributed by atoms with E-state index in [9.17, 15) is 22.0 Å². The van der Waals surface area contributed by atoms with Crippen LogP contribution in [0.3, 0.4) is 0 Å². The average Bonchev–Trinajstić information content (AvgIpc) is 2.90. The van der Waals surface area contributed by atoms with Crippen molar-refractivity contribution in [3.05, 3.63) is 47.3 Å². The molecule has 0 spiro atoms. The number of rotatable bonds is 2. The van der Waals surface area contributed by atoms with Crippen LogP contribution in [0.15, 0.2) is 23.1 Å². The topological polar surface area (TPSA) is 98.3 Å². The van der Waals surface area contributed by atoms with Gasteiger partial charge in [0.15, 0.2) is 0 Å². The number of amides is 1. The maximum atomic E-state index is 13.4. The summed E-state index contributed by atoms with van der Waals surface area (Å²) in [5, 5.41) is 3.79. The fourth-order valence-corrected chi connectivity index (χ4v) is 4.66. The number of hydrogen-bond donors (Lipinski definition) is 1. The largest absolute Gasteiger partial charge is 0.350 e. The molecule has 1 aromatic carbocycles. The van der Waals surface area contributed by atoms with Gasteiger partial charge in [0.05, 0.1) is 10.6 Å². The van der Waals surface area contributed by atoms with Crippen LogP contribution in [0.2, 0.25) is 0 Å². The highest BCUT2D eigenvalue weighted by Crippen LogP contribution is 2.35. The lowest BCUT2D eigenvalue weighted by atomic mass is 9.84. The van der Waals surface area contributed by atoms with Gasteiger partial charge in [-0.2, -0.15) is 14.1 Å². The van der Waals surface area contributed by atoms with E-state index in [0.29, 0.717) is 17.3 Å². The lowest BCUT2D eigenvalue weighted by Crippen LogP contribution is -2.46. The monoisotopic (exact) mass is 369 g/mol. The molecule has 2 heterocycles. The van der Waals surface area contributed by atoms with E-state index in [0.717, 1.165) is 21.1 Å². The number of sulfonamides is 1. The van der Waals surface area contributed by atoms with E-state index in [1.54, 1.807) is 13.8 Å². The van der Waals surface area contributed by atoms with Gasteiger partial charge in [0.25, 0.3) is 0 Å². The third-order valence-electron chi connectivity index (χ3n) is 4.01. The third kappa shape index (κ3) is 2.91. The summed E-state index contributed by atoms with van der Waals surface area (Å²) < 4.78 is 54.5. The van der Waals surface area contributed by atoms with Crippen LogP contribution < -0.4 is 5.73 Å². The molecule has 10 heteroatoms. The smallest absolute Gasteiger partial charge is 0.339 e. The van der Waals surface area contributed by atoms with Crippen molar-refractivity contribution in [3.8, 4) is 0 Å². The molecule has 25 heavy (non-hydrogen) atoms. The van der Waals surface area contributed by atoms with Crippen molar-refractivity contribution in [3.63, 3.8) is 0 Å². The summed E-state index contributed by atoms with van der Waals surface area (Å²) in [7, 11) is -4.15. The first-order valence-corrected chi connectivity index (χ1v) is 8.72. The van der Waals surface area contributed by atoms with Crippen LogP contribution in [0.25, 0.3) is 0 Å². The molecule has 1 aliphatic heterocycles. The minimum atomic E-state index is -4.15. The van der Waals surface area contributed by atoms with Crippen LogP contribution in [0.5, 0.6) is 0 Å². The number of carbonyl (C=O) groups excluding carboxylic acids is 1. The van der Waals surface area contributed by atoms with Crippen LogP contribution in [-0.4, -0.2) is 35.1 Å². The summed E-state index contributed by atoms with van der Waals surface area (Å²) in [6.45, 7) is 3.28. The number of hydrogen-bond acceptors (Lipinski definition) is 4. The minimum Gasteiger partial charge on any atom is -0.350 e. The molecule has 1 radical (unpaired) electrons. The van der Waals surface area contributed by atoms with E-state index < -0.39 is 38.0 Å². The Bertz CT molecular complexity index is 949. The molecule has 0 bridgehead atoms. The van der Waals surface area contributed by atoms with Gasteiger partial charge in [-0.05, 0) is 12.1 Å². The lowest BCUT2D eigenvalue weighted by Gasteiger charge is -2.37. The fourth-order valence-electron chi connectivity index (χ4n) is 3.05. The SMILES string of the molecule is CC1(C)CN(S(=O)(=O)c2cc(F)cc(F)c2)Cc2[c]nn(C(N)=O)c21. The Morgan fingerprint density at radius 1 is 1.28 bits per heavy atom.